The number of aromatic nitrogens is 2. The predicted octanol–water partition coefficient (Wildman–Crippen LogP) is -1.93. The number of nitrogens with zero attached hydrogens (tertiary/aromatic N) is 1. The second-order valence-corrected chi connectivity index (χ2v) is 7.77. The molecule has 1 rings (SSSR count). The average Bonchev–Trinajstić information content (AvgIpc) is 3.25. The number of carboxylic acid groups (broad SMARTS) is 2. The number of amides is 3. The number of carboxylic acids is 2. The third kappa shape index (κ3) is 9.78. The van der Waals surface area contributed by atoms with Crippen molar-refractivity contribution in [3.8, 4) is 0 Å². The molecule has 14 heteroatoms. The molecular formula is C18H28N6O7S. The van der Waals surface area contributed by atoms with Crippen LogP contribution in [-0.2, 0) is 30.4 Å². The lowest BCUT2D eigenvalue weighted by Gasteiger charge is -2.24. The van der Waals surface area contributed by atoms with E-state index in [1.165, 1.54) is 24.3 Å². The SMILES string of the molecule is CSCCC(NC(=O)C(Cc1cnc[nH]1)NC(=O)C(CCC(=O)O)NC(=O)CN)C(=O)O. The van der Waals surface area contributed by atoms with Crippen molar-refractivity contribution in [2.45, 2.75) is 43.8 Å². The van der Waals surface area contributed by atoms with E-state index < -0.39 is 60.8 Å². The van der Waals surface area contributed by atoms with Crippen molar-refractivity contribution in [1.29, 1.82) is 0 Å². The van der Waals surface area contributed by atoms with E-state index in [0.29, 0.717) is 11.4 Å². The smallest absolute Gasteiger partial charge is 0.326 e. The van der Waals surface area contributed by atoms with Gasteiger partial charge in [0.1, 0.15) is 18.1 Å². The molecule has 0 aliphatic rings. The van der Waals surface area contributed by atoms with Crippen molar-refractivity contribution >= 4 is 41.4 Å². The summed E-state index contributed by atoms with van der Waals surface area (Å²) in [6.07, 6.45) is 4.13. The Balaban J connectivity index is 3.00. The number of rotatable bonds is 15. The molecule has 0 spiro atoms. The van der Waals surface area contributed by atoms with Crippen LogP contribution >= 0.6 is 11.8 Å². The van der Waals surface area contributed by atoms with Gasteiger partial charge in [-0.1, -0.05) is 0 Å². The Bertz CT molecular complexity index is 789. The fourth-order valence-electron chi connectivity index (χ4n) is 2.65. The van der Waals surface area contributed by atoms with E-state index in [1.807, 2.05) is 0 Å². The minimum Gasteiger partial charge on any atom is -0.481 e. The summed E-state index contributed by atoms with van der Waals surface area (Å²) in [6.45, 7) is -0.412. The molecule has 0 aromatic carbocycles. The molecule has 3 unspecified atom stereocenters. The number of aromatic amines is 1. The van der Waals surface area contributed by atoms with Crippen LogP contribution in [-0.4, -0.2) is 86.5 Å². The Morgan fingerprint density at radius 1 is 1.06 bits per heavy atom. The van der Waals surface area contributed by atoms with Gasteiger partial charge in [-0.3, -0.25) is 19.2 Å². The van der Waals surface area contributed by atoms with Gasteiger partial charge in [-0.2, -0.15) is 11.8 Å². The highest BCUT2D eigenvalue weighted by Gasteiger charge is 2.30. The molecule has 0 aliphatic carbocycles. The van der Waals surface area contributed by atoms with Crippen LogP contribution in [0.3, 0.4) is 0 Å². The summed E-state index contributed by atoms with van der Waals surface area (Å²) in [5.74, 6) is -4.11. The zero-order valence-electron chi connectivity index (χ0n) is 17.5. The van der Waals surface area contributed by atoms with Crippen LogP contribution < -0.4 is 21.7 Å². The van der Waals surface area contributed by atoms with Gasteiger partial charge in [0, 0.05) is 24.7 Å². The van der Waals surface area contributed by atoms with E-state index in [1.54, 1.807) is 6.26 Å². The maximum Gasteiger partial charge on any atom is 0.326 e. The molecule has 8 N–H and O–H groups in total. The molecule has 3 atom stereocenters. The number of aliphatic carboxylic acids is 2. The number of nitrogens with one attached hydrogen (secondary N) is 4. The molecule has 0 saturated carbocycles. The summed E-state index contributed by atoms with van der Waals surface area (Å²) in [7, 11) is 0. The number of H-pyrrole nitrogens is 1. The molecule has 13 nitrogen and oxygen atoms in total. The van der Waals surface area contributed by atoms with Gasteiger partial charge >= 0.3 is 11.9 Å². The van der Waals surface area contributed by atoms with Gasteiger partial charge in [-0.25, -0.2) is 9.78 Å². The molecule has 1 heterocycles. The van der Waals surface area contributed by atoms with Crippen molar-refractivity contribution in [3.05, 3.63) is 18.2 Å². The maximum atomic E-state index is 12.8. The first-order chi connectivity index (χ1) is 15.2. The predicted molar refractivity (Wildman–Crippen MR) is 115 cm³/mol. The van der Waals surface area contributed by atoms with Gasteiger partial charge in [0.2, 0.25) is 17.7 Å². The van der Waals surface area contributed by atoms with Crippen LogP contribution in [0.4, 0.5) is 0 Å². The van der Waals surface area contributed by atoms with E-state index >= 15 is 0 Å². The largest absolute Gasteiger partial charge is 0.481 e. The fourth-order valence-corrected chi connectivity index (χ4v) is 3.12. The normalized spacial score (nSPS) is 13.4. The second kappa shape index (κ2) is 14.0. The minimum atomic E-state index is -1.24. The number of hydrogen-bond donors (Lipinski definition) is 7. The van der Waals surface area contributed by atoms with Crippen LogP contribution in [0.25, 0.3) is 0 Å². The Hall–Kier alpha value is -3.13. The lowest BCUT2D eigenvalue weighted by molar-refractivity contribution is -0.142. The summed E-state index contributed by atoms with van der Waals surface area (Å²) in [5.41, 5.74) is 5.74. The Morgan fingerprint density at radius 2 is 1.72 bits per heavy atom. The summed E-state index contributed by atoms with van der Waals surface area (Å²) in [5, 5.41) is 25.5. The van der Waals surface area contributed by atoms with E-state index in [4.69, 9.17) is 10.8 Å². The van der Waals surface area contributed by atoms with Crippen LogP contribution in [0, 0.1) is 0 Å². The first-order valence-corrected chi connectivity index (χ1v) is 11.1. The van der Waals surface area contributed by atoms with Crippen molar-refractivity contribution in [2.75, 3.05) is 18.6 Å². The number of thioether (sulfide) groups is 1. The topological polar surface area (TPSA) is 217 Å². The number of carbonyl (C=O) groups is 5. The minimum absolute atomic E-state index is 0.0388. The van der Waals surface area contributed by atoms with Crippen LogP contribution in [0.1, 0.15) is 25.0 Å². The van der Waals surface area contributed by atoms with Gasteiger partial charge < -0.3 is 36.9 Å². The second-order valence-electron chi connectivity index (χ2n) is 6.78. The highest BCUT2D eigenvalue weighted by Crippen LogP contribution is 2.06. The van der Waals surface area contributed by atoms with E-state index in [-0.39, 0.29) is 19.3 Å². The fraction of sp³-hybridized carbons (Fsp3) is 0.556. The molecular weight excluding hydrogens is 444 g/mol. The lowest BCUT2D eigenvalue weighted by atomic mass is 10.1. The van der Waals surface area contributed by atoms with Crippen LogP contribution in [0.15, 0.2) is 12.5 Å². The zero-order valence-corrected chi connectivity index (χ0v) is 18.3. The maximum absolute atomic E-state index is 12.8. The summed E-state index contributed by atoms with van der Waals surface area (Å²) in [4.78, 5) is 66.2. The zero-order chi connectivity index (χ0) is 24.1. The average molecular weight is 473 g/mol. The number of nitrogens with two attached hydrogens (primary N) is 1. The Kier molecular flexibility index (Phi) is 11.8. The van der Waals surface area contributed by atoms with Gasteiger partial charge in [0.05, 0.1) is 12.9 Å². The van der Waals surface area contributed by atoms with Gasteiger partial charge in [-0.15, -0.1) is 0 Å². The summed E-state index contributed by atoms with van der Waals surface area (Å²) in [6, 6.07) is -3.61. The number of carbonyl (C=O) groups excluding carboxylic acids is 3. The molecule has 178 valence electrons. The quantitative estimate of drug-likeness (QED) is 0.150. The van der Waals surface area contributed by atoms with Gasteiger partial charge in [0.25, 0.3) is 0 Å². The van der Waals surface area contributed by atoms with Crippen molar-refractivity contribution in [3.63, 3.8) is 0 Å². The van der Waals surface area contributed by atoms with E-state index in [0.717, 1.165) is 0 Å². The first kappa shape index (κ1) is 26.9. The van der Waals surface area contributed by atoms with E-state index in [2.05, 4.69) is 25.9 Å². The number of imidazole rings is 1. The summed E-state index contributed by atoms with van der Waals surface area (Å²) >= 11 is 1.42. The first-order valence-electron chi connectivity index (χ1n) is 9.68. The van der Waals surface area contributed by atoms with E-state index in [9.17, 15) is 29.1 Å². The Labute approximate surface area is 188 Å². The molecule has 3 amide bonds. The molecule has 0 aliphatic heterocycles. The highest BCUT2D eigenvalue weighted by atomic mass is 32.2. The van der Waals surface area contributed by atoms with Crippen LogP contribution in [0.2, 0.25) is 0 Å². The number of hydrogen-bond acceptors (Lipinski definition) is 8. The molecule has 1 aromatic heterocycles. The third-order valence-electron chi connectivity index (χ3n) is 4.32. The lowest BCUT2D eigenvalue weighted by Crippen LogP contribution is -2.57. The standard InChI is InChI=1S/C18H28N6O7S/c1-32-5-4-12(18(30)31)23-17(29)13(6-10-8-20-9-21-10)24-16(28)11(2-3-15(26)27)22-14(25)7-19/h8-9,11-13H,2-7,19H2,1H3,(H,20,21)(H,22,25)(H,23,29)(H,24,28)(H,26,27)(H,30,31). The van der Waals surface area contributed by atoms with Crippen LogP contribution in [0.5, 0.6) is 0 Å². The highest BCUT2D eigenvalue weighted by molar-refractivity contribution is 7.98. The molecule has 1 aromatic rings. The van der Waals surface area contributed by atoms with Gasteiger partial charge in [-0.05, 0) is 24.9 Å². The molecule has 0 radical (unpaired) electrons. The molecule has 0 fully saturated rings. The Morgan fingerprint density at radius 3 is 2.25 bits per heavy atom. The van der Waals surface area contributed by atoms with Crippen molar-refractivity contribution < 1.29 is 34.2 Å². The van der Waals surface area contributed by atoms with Gasteiger partial charge in [0.15, 0.2) is 0 Å². The molecule has 32 heavy (non-hydrogen) atoms. The monoisotopic (exact) mass is 472 g/mol. The molecule has 0 saturated heterocycles. The van der Waals surface area contributed by atoms with Crippen molar-refractivity contribution in [1.82, 2.24) is 25.9 Å². The molecule has 0 bridgehead atoms. The third-order valence-corrected chi connectivity index (χ3v) is 4.97. The van der Waals surface area contributed by atoms with Crippen molar-refractivity contribution in [2.24, 2.45) is 5.73 Å². The summed E-state index contributed by atoms with van der Waals surface area (Å²) < 4.78 is 0.